The maximum Gasteiger partial charge on any atom is 0.407 e. The Morgan fingerprint density at radius 3 is 2.56 bits per heavy atom. The van der Waals surface area contributed by atoms with E-state index in [4.69, 9.17) is 5.11 Å². The maximum absolute atomic E-state index is 11.9. The van der Waals surface area contributed by atoms with E-state index in [2.05, 4.69) is 4.74 Å². The van der Waals surface area contributed by atoms with Gasteiger partial charge in [0.2, 0.25) is 0 Å². The molecule has 1 atom stereocenters. The number of amides is 1. The Hall–Kier alpha value is -0.980. The fraction of sp³-hybridized carbons (Fsp3) is 0.889. The SMILES string of the molecule is CCCCOC(=O)NC(CO)CC(F)(F)F. The van der Waals surface area contributed by atoms with Crippen molar-refractivity contribution < 1.29 is 27.8 Å². The third-order valence-electron chi connectivity index (χ3n) is 1.75. The molecule has 0 saturated carbocycles. The minimum absolute atomic E-state index is 0.159. The summed E-state index contributed by atoms with van der Waals surface area (Å²) in [6, 6.07) is -1.35. The van der Waals surface area contributed by atoms with Crippen molar-refractivity contribution in [3.05, 3.63) is 0 Å². The zero-order chi connectivity index (χ0) is 12.6. The Morgan fingerprint density at radius 2 is 2.12 bits per heavy atom. The quantitative estimate of drug-likeness (QED) is 0.700. The second-order valence-corrected chi connectivity index (χ2v) is 3.33. The molecule has 0 fully saturated rings. The number of carbonyl (C=O) groups excluding carboxylic acids is 1. The third-order valence-corrected chi connectivity index (χ3v) is 1.75. The van der Waals surface area contributed by atoms with Gasteiger partial charge in [-0.05, 0) is 6.42 Å². The van der Waals surface area contributed by atoms with Gasteiger partial charge in [0, 0.05) is 0 Å². The van der Waals surface area contributed by atoms with Crippen molar-refractivity contribution in [2.24, 2.45) is 0 Å². The van der Waals surface area contributed by atoms with E-state index in [1.54, 1.807) is 0 Å². The van der Waals surface area contributed by atoms with Crippen molar-refractivity contribution in [3.8, 4) is 0 Å². The van der Waals surface area contributed by atoms with Crippen LogP contribution in [0.1, 0.15) is 26.2 Å². The number of aliphatic hydroxyl groups excluding tert-OH is 1. The largest absolute Gasteiger partial charge is 0.450 e. The summed E-state index contributed by atoms with van der Waals surface area (Å²) in [6.45, 7) is 1.27. The van der Waals surface area contributed by atoms with E-state index < -0.39 is 31.3 Å². The zero-order valence-corrected chi connectivity index (χ0v) is 9.01. The van der Waals surface area contributed by atoms with Crippen LogP contribution >= 0.6 is 0 Å². The molecule has 0 heterocycles. The number of carbonyl (C=O) groups is 1. The second kappa shape index (κ2) is 7.32. The van der Waals surface area contributed by atoms with Crippen molar-refractivity contribution in [2.75, 3.05) is 13.2 Å². The first kappa shape index (κ1) is 15.0. The van der Waals surface area contributed by atoms with Crippen LogP contribution in [-0.4, -0.2) is 36.6 Å². The van der Waals surface area contributed by atoms with E-state index in [0.717, 1.165) is 6.42 Å². The Kier molecular flexibility index (Phi) is 6.87. The number of alkyl carbamates (subject to hydrolysis) is 1. The van der Waals surface area contributed by atoms with Crippen LogP contribution in [0.25, 0.3) is 0 Å². The number of aliphatic hydroxyl groups is 1. The summed E-state index contributed by atoms with van der Waals surface area (Å²) in [5.41, 5.74) is 0. The molecular formula is C9H16F3NO3. The number of halogens is 3. The summed E-state index contributed by atoms with van der Waals surface area (Å²) in [4.78, 5) is 11.0. The second-order valence-electron chi connectivity index (χ2n) is 3.33. The summed E-state index contributed by atoms with van der Waals surface area (Å²) in [5, 5.41) is 10.6. The summed E-state index contributed by atoms with van der Waals surface area (Å²) in [7, 11) is 0. The molecular weight excluding hydrogens is 227 g/mol. The van der Waals surface area contributed by atoms with Gasteiger partial charge >= 0.3 is 12.3 Å². The number of hydrogen-bond donors (Lipinski definition) is 2. The predicted molar refractivity (Wildman–Crippen MR) is 50.9 cm³/mol. The van der Waals surface area contributed by atoms with E-state index in [1.165, 1.54) is 0 Å². The van der Waals surface area contributed by atoms with Gasteiger partial charge < -0.3 is 15.2 Å². The van der Waals surface area contributed by atoms with Gasteiger partial charge in [-0.2, -0.15) is 13.2 Å². The molecule has 0 aliphatic carbocycles. The van der Waals surface area contributed by atoms with E-state index in [1.807, 2.05) is 12.2 Å². The van der Waals surface area contributed by atoms with E-state index in [9.17, 15) is 18.0 Å². The molecule has 0 saturated heterocycles. The van der Waals surface area contributed by atoms with E-state index in [0.29, 0.717) is 6.42 Å². The molecule has 7 heteroatoms. The monoisotopic (exact) mass is 243 g/mol. The molecule has 4 nitrogen and oxygen atoms in total. The van der Waals surface area contributed by atoms with E-state index >= 15 is 0 Å². The fourth-order valence-corrected chi connectivity index (χ4v) is 0.958. The topological polar surface area (TPSA) is 58.6 Å². The molecule has 1 unspecified atom stereocenters. The molecule has 96 valence electrons. The molecule has 16 heavy (non-hydrogen) atoms. The lowest BCUT2D eigenvalue weighted by molar-refractivity contribution is -0.141. The highest BCUT2D eigenvalue weighted by molar-refractivity contribution is 5.67. The lowest BCUT2D eigenvalue weighted by Gasteiger charge is -2.17. The molecule has 0 aromatic carbocycles. The molecule has 1 amide bonds. The molecule has 0 aromatic rings. The maximum atomic E-state index is 11.9. The van der Waals surface area contributed by atoms with Crippen LogP contribution in [0.2, 0.25) is 0 Å². The Morgan fingerprint density at radius 1 is 1.50 bits per heavy atom. The highest BCUT2D eigenvalue weighted by atomic mass is 19.4. The van der Waals surface area contributed by atoms with Gasteiger partial charge in [0.25, 0.3) is 0 Å². The lowest BCUT2D eigenvalue weighted by Crippen LogP contribution is -2.41. The lowest BCUT2D eigenvalue weighted by atomic mass is 10.2. The molecule has 0 aliphatic heterocycles. The van der Waals surface area contributed by atoms with Crippen LogP contribution in [-0.2, 0) is 4.74 Å². The van der Waals surface area contributed by atoms with Crippen LogP contribution in [0.3, 0.4) is 0 Å². The summed E-state index contributed by atoms with van der Waals surface area (Å²) in [5.74, 6) is 0. The Bertz CT molecular complexity index is 209. The van der Waals surface area contributed by atoms with Gasteiger partial charge in [0.05, 0.1) is 25.7 Å². The molecule has 0 bridgehead atoms. The molecule has 0 radical (unpaired) electrons. The van der Waals surface area contributed by atoms with Crippen LogP contribution < -0.4 is 5.32 Å². The van der Waals surface area contributed by atoms with E-state index in [-0.39, 0.29) is 6.61 Å². The fourth-order valence-electron chi connectivity index (χ4n) is 0.958. The van der Waals surface area contributed by atoms with Crippen LogP contribution in [0.4, 0.5) is 18.0 Å². The highest BCUT2D eigenvalue weighted by Crippen LogP contribution is 2.21. The number of ether oxygens (including phenoxy) is 1. The van der Waals surface area contributed by atoms with Crippen LogP contribution in [0.15, 0.2) is 0 Å². The molecule has 0 aliphatic rings. The molecule has 0 rings (SSSR count). The third kappa shape index (κ3) is 8.34. The molecule has 0 aromatic heterocycles. The first-order valence-corrected chi connectivity index (χ1v) is 5.00. The smallest absolute Gasteiger partial charge is 0.407 e. The predicted octanol–water partition coefficient (Wildman–Crippen LogP) is 1.83. The Labute approximate surface area is 91.8 Å². The minimum atomic E-state index is -4.43. The average molecular weight is 243 g/mol. The Balaban J connectivity index is 3.88. The number of unbranched alkanes of at least 4 members (excludes halogenated alkanes) is 1. The molecule has 2 N–H and O–H groups in total. The van der Waals surface area contributed by atoms with Gasteiger partial charge in [0.15, 0.2) is 0 Å². The van der Waals surface area contributed by atoms with Gasteiger partial charge in [0.1, 0.15) is 0 Å². The number of rotatable bonds is 6. The minimum Gasteiger partial charge on any atom is -0.450 e. The standard InChI is InChI=1S/C9H16F3NO3/c1-2-3-4-16-8(15)13-7(6-14)5-9(10,11)12/h7,14H,2-6H2,1H3,(H,13,15). The van der Waals surface area contributed by atoms with Crippen molar-refractivity contribution in [3.63, 3.8) is 0 Å². The van der Waals surface area contributed by atoms with Crippen molar-refractivity contribution in [1.29, 1.82) is 0 Å². The van der Waals surface area contributed by atoms with Gasteiger partial charge in [-0.25, -0.2) is 4.79 Å². The number of alkyl halides is 3. The number of hydrogen-bond acceptors (Lipinski definition) is 3. The molecule has 0 spiro atoms. The normalized spacial score (nSPS) is 13.3. The summed E-state index contributed by atoms with van der Waals surface area (Å²) < 4.78 is 40.4. The zero-order valence-electron chi connectivity index (χ0n) is 9.01. The van der Waals surface area contributed by atoms with Crippen LogP contribution in [0, 0.1) is 0 Å². The highest BCUT2D eigenvalue weighted by Gasteiger charge is 2.32. The van der Waals surface area contributed by atoms with Crippen LogP contribution in [0.5, 0.6) is 0 Å². The summed E-state index contributed by atoms with van der Waals surface area (Å²) in [6.07, 6.45) is -5.16. The van der Waals surface area contributed by atoms with Crippen molar-refractivity contribution >= 4 is 6.09 Å². The van der Waals surface area contributed by atoms with Gasteiger partial charge in [-0.3, -0.25) is 0 Å². The first-order chi connectivity index (χ1) is 7.39. The average Bonchev–Trinajstić information content (AvgIpc) is 2.15. The van der Waals surface area contributed by atoms with Crippen molar-refractivity contribution in [2.45, 2.75) is 38.4 Å². The summed E-state index contributed by atoms with van der Waals surface area (Å²) >= 11 is 0. The van der Waals surface area contributed by atoms with Gasteiger partial charge in [-0.1, -0.05) is 13.3 Å². The van der Waals surface area contributed by atoms with Crippen molar-refractivity contribution in [1.82, 2.24) is 5.32 Å². The number of nitrogens with one attached hydrogen (secondary N) is 1. The first-order valence-electron chi connectivity index (χ1n) is 5.00. The van der Waals surface area contributed by atoms with Gasteiger partial charge in [-0.15, -0.1) is 0 Å².